The zero-order valence-corrected chi connectivity index (χ0v) is 15.5. The average molecular weight is 381 g/mol. The highest BCUT2D eigenvalue weighted by Gasteiger charge is 2.27. The molecule has 0 saturated carbocycles. The molecule has 1 N–H and O–H groups in total. The van der Waals surface area contributed by atoms with Crippen molar-refractivity contribution in [1.29, 1.82) is 0 Å². The summed E-state index contributed by atoms with van der Waals surface area (Å²) in [7, 11) is 0. The van der Waals surface area contributed by atoms with Crippen LogP contribution in [0.4, 0.5) is 6.01 Å². The van der Waals surface area contributed by atoms with E-state index < -0.39 is 0 Å². The predicted octanol–water partition coefficient (Wildman–Crippen LogP) is 3.07. The molecule has 1 fully saturated rings. The number of anilines is 1. The van der Waals surface area contributed by atoms with Gasteiger partial charge < -0.3 is 14.6 Å². The summed E-state index contributed by atoms with van der Waals surface area (Å²) >= 11 is 1.59. The Morgan fingerprint density at radius 2 is 2.11 bits per heavy atom. The fourth-order valence-corrected chi connectivity index (χ4v) is 4.23. The Balaban J connectivity index is 1.17. The highest BCUT2D eigenvalue weighted by molar-refractivity contribution is 7.15. The molecule has 8 heteroatoms. The minimum atomic E-state index is 0.0226. The lowest BCUT2D eigenvalue weighted by Gasteiger charge is -2.30. The molecule has 1 aliphatic rings. The maximum atomic E-state index is 12.5. The number of rotatable bonds is 4. The number of fused-ring (bicyclic) bond motifs is 2. The van der Waals surface area contributed by atoms with Crippen LogP contribution in [0.25, 0.3) is 16.1 Å². The van der Waals surface area contributed by atoms with Gasteiger partial charge in [0.1, 0.15) is 5.52 Å². The Morgan fingerprint density at radius 1 is 1.26 bits per heavy atom. The number of carbonyl (C=O) groups excluding carboxylic acids is 1. The lowest BCUT2D eigenvalue weighted by Crippen LogP contribution is -2.40. The summed E-state index contributed by atoms with van der Waals surface area (Å²) in [5.41, 5.74) is 2.55. The van der Waals surface area contributed by atoms with Crippen molar-refractivity contribution >= 4 is 39.3 Å². The number of nitrogens with one attached hydrogen (secondary N) is 1. The van der Waals surface area contributed by atoms with Gasteiger partial charge in [0.2, 0.25) is 5.91 Å². The number of nitrogens with zero attached hydrogens (tertiary/aromatic N) is 4. The Kier molecular flexibility index (Phi) is 4.05. The summed E-state index contributed by atoms with van der Waals surface area (Å²) in [6, 6.07) is 8.41. The number of amides is 1. The second kappa shape index (κ2) is 6.70. The molecule has 1 amide bonds. The van der Waals surface area contributed by atoms with E-state index in [-0.39, 0.29) is 11.8 Å². The lowest BCUT2D eigenvalue weighted by atomic mass is 9.96. The van der Waals surface area contributed by atoms with Crippen LogP contribution in [0.15, 0.2) is 46.5 Å². The number of oxazole rings is 1. The van der Waals surface area contributed by atoms with Gasteiger partial charge in [0.25, 0.3) is 6.01 Å². The first-order chi connectivity index (χ1) is 13.3. The zero-order valence-electron chi connectivity index (χ0n) is 14.7. The number of aromatic nitrogens is 3. The van der Waals surface area contributed by atoms with E-state index in [1.54, 1.807) is 11.3 Å². The summed E-state index contributed by atoms with van der Waals surface area (Å²) in [5.74, 6) is 0.123. The fraction of sp³-hybridized carbons (Fsp3) is 0.316. The summed E-state index contributed by atoms with van der Waals surface area (Å²) in [6.45, 7) is 2.01. The molecule has 0 atom stereocenters. The van der Waals surface area contributed by atoms with Crippen molar-refractivity contribution in [1.82, 2.24) is 19.7 Å². The van der Waals surface area contributed by atoms with Crippen LogP contribution in [-0.2, 0) is 11.3 Å². The maximum absolute atomic E-state index is 12.5. The lowest BCUT2D eigenvalue weighted by molar-refractivity contribution is -0.125. The van der Waals surface area contributed by atoms with Gasteiger partial charge in [-0.2, -0.15) is 4.98 Å². The monoisotopic (exact) mass is 381 g/mol. The first-order valence-electron chi connectivity index (χ1n) is 9.05. The molecule has 7 nitrogen and oxygen atoms in total. The van der Waals surface area contributed by atoms with Crippen molar-refractivity contribution in [2.24, 2.45) is 5.92 Å². The number of imidazole rings is 1. The molecule has 0 aliphatic carbocycles. The summed E-state index contributed by atoms with van der Waals surface area (Å²) in [4.78, 5) is 24.6. The zero-order chi connectivity index (χ0) is 18.2. The van der Waals surface area contributed by atoms with Gasteiger partial charge in [-0.05, 0) is 25.0 Å². The Bertz CT molecular complexity index is 1030. The van der Waals surface area contributed by atoms with E-state index in [1.807, 2.05) is 46.4 Å². The van der Waals surface area contributed by atoms with Crippen molar-refractivity contribution in [2.75, 3.05) is 18.0 Å². The first-order valence-corrected chi connectivity index (χ1v) is 9.93. The van der Waals surface area contributed by atoms with Crippen molar-refractivity contribution in [3.05, 3.63) is 47.7 Å². The minimum absolute atomic E-state index is 0.0226. The summed E-state index contributed by atoms with van der Waals surface area (Å²) in [6.07, 6.45) is 5.52. The van der Waals surface area contributed by atoms with Gasteiger partial charge in [-0.25, -0.2) is 4.98 Å². The van der Waals surface area contributed by atoms with Gasteiger partial charge in [0, 0.05) is 36.8 Å². The molecule has 0 unspecified atom stereocenters. The van der Waals surface area contributed by atoms with Crippen molar-refractivity contribution in [3.63, 3.8) is 0 Å². The van der Waals surface area contributed by atoms with E-state index in [0.717, 1.165) is 47.7 Å². The standard InChI is InChI=1S/C19H19N5O2S/c25-17(20-11-14-12-24-9-10-27-19(24)21-14)13-5-7-23(8-6-13)18-22-15-3-1-2-4-16(15)26-18/h1-4,9-10,12-13H,5-8,11H2,(H,20,25). The van der Waals surface area contributed by atoms with Crippen LogP contribution in [0.5, 0.6) is 0 Å². The third-order valence-corrected chi connectivity index (χ3v) is 5.78. The molecule has 0 bridgehead atoms. The Morgan fingerprint density at radius 3 is 2.93 bits per heavy atom. The number of piperidine rings is 1. The molecule has 5 rings (SSSR count). The molecular formula is C19H19N5O2S. The van der Waals surface area contributed by atoms with Crippen molar-refractivity contribution in [3.8, 4) is 0 Å². The van der Waals surface area contributed by atoms with E-state index in [2.05, 4.69) is 20.2 Å². The van der Waals surface area contributed by atoms with Crippen molar-refractivity contribution < 1.29 is 9.21 Å². The van der Waals surface area contributed by atoms with E-state index in [1.165, 1.54) is 0 Å². The van der Waals surface area contributed by atoms with Gasteiger partial charge >= 0.3 is 0 Å². The van der Waals surface area contributed by atoms with Crippen LogP contribution in [0.3, 0.4) is 0 Å². The number of para-hydroxylation sites is 2. The molecule has 0 radical (unpaired) electrons. The van der Waals surface area contributed by atoms with Gasteiger partial charge in [-0.3, -0.25) is 9.20 Å². The highest BCUT2D eigenvalue weighted by Crippen LogP contribution is 2.26. The van der Waals surface area contributed by atoms with Gasteiger partial charge in [-0.15, -0.1) is 11.3 Å². The number of hydrogen-bond donors (Lipinski definition) is 1. The molecule has 1 aliphatic heterocycles. The van der Waals surface area contributed by atoms with Gasteiger partial charge in [0.15, 0.2) is 10.5 Å². The number of hydrogen-bond acceptors (Lipinski definition) is 6. The second-order valence-electron chi connectivity index (χ2n) is 6.77. The topological polar surface area (TPSA) is 75.7 Å². The van der Waals surface area contributed by atoms with Crippen LogP contribution in [0, 0.1) is 5.92 Å². The third-order valence-electron chi connectivity index (χ3n) is 5.01. The predicted molar refractivity (Wildman–Crippen MR) is 104 cm³/mol. The van der Waals surface area contributed by atoms with E-state index in [4.69, 9.17) is 4.42 Å². The fourth-order valence-electron chi connectivity index (χ4n) is 3.51. The normalized spacial score (nSPS) is 15.6. The number of benzene rings is 1. The van der Waals surface area contributed by atoms with Crippen LogP contribution < -0.4 is 10.2 Å². The Hall–Kier alpha value is -2.87. The third kappa shape index (κ3) is 3.16. The van der Waals surface area contributed by atoms with Crippen molar-refractivity contribution in [2.45, 2.75) is 19.4 Å². The van der Waals surface area contributed by atoms with Crippen LogP contribution >= 0.6 is 11.3 Å². The molecule has 4 aromatic rings. The van der Waals surface area contributed by atoms with Crippen LogP contribution in [-0.4, -0.2) is 33.4 Å². The smallest absolute Gasteiger partial charge is 0.298 e. The summed E-state index contributed by atoms with van der Waals surface area (Å²) in [5, 5.41) is 5.02. The molecular weight excluding hydrogens is 362 g/mol. The molecule has 3 aromatic heterocycles. The summed E-state index contributed by atoms with van der Waals surface area (Å²) < 4.78 is 7.81. The molecule has 27 heavy (non-hydrogen) atoms. The van der Waals surface area contributed by atoms with Crippen LogP contribution in [0.2, 0.25) is 0 Å². The van der Waals surface area contributed by atoms with E-state index in [9.17, 15) is 4.79 Å². The molecule has 1 aromatic carbocycles. The maximum Gasteiger partial charge on any atom is 0.298 e. The van der Waals surface area contributed by atoms with E-state index >= 15 is 0 Å². The average Bonchev–Trinajstić information content (AvgIpc) is 3.40. The number of thiazole rings is 1. The first kappa shape index (κ1) is 16.3. The Labute approximate surface area is 159 Å². The highest BCUT2D eigenvalue weighted by atomic mass is 32.1. The molecule has 138 valence electrons. The SMILES string of the molecule is O=C(NCc1cn2ccsc2n1)C1CCN(c2nc3ccccc3o2)CC1. The van der Waals surface area contributed by atoms with Gasteiger partial charge in [-0.1, -0.05) is 12.1 Å². The largest absolute Gasteiger partial charge is 0.423 e. The quantitative estimate of drug-likeness (QED) is 0.588. The molecule has 0 spiro atoms. The molecule has 1 saturated heterocycles. The molecule has 4 heterocycles. The number of carbonyl (C=O) groups is 1. The van der Waals surface area contributed by atoms with Gasteiger partial charge in [0.05, 0.1) is 12.2 Å². The second-order valence-corrected chi connectivity index (χ2v) is 7.64. The van der Waals surface area contributed by atoms with Crippen LogP contribution in [0.1, 0.15) is 18.5 Å². The minimum Gasteiger partial charge on any atom is -0.423 e. The van der Waals surface area contributed by atoms with E-state index in [0.29, 0.717) is 12.6 Å².